The summed E-state index contributed by atoms with van der Waals surface area (Å²) in [6.07, 6.45) is -4.92. The number of carbonyl (C=O) groups is 4. The molecule has 4 aromatic rings. The number of hydrogen-bond acceptors (Lipinski definition) is 5. The van der Waals surface area contributed by atoms with Gasteiger partial charge in [0.25, 0.3) is 11.8 Å². The number of nitrogens with one attached hydrogen (secondary N) is 1. The molecule has 0 bridgehead atoms. The van der Waals surface area contributed by atoms with E-state index in [1.54, 1.807) is 29.2 Å². The van der Waals surface area contributed by atoms with E-state index in [0.29, 0.717) is 37.4 Å². The van der Waals surface area contributed by atoms with E-state index < -0.39 is 30.1 Å². The predicted molar refractivity (Wildman–Crippen MR) is 185 cm³/mol. The quantitative estimate of drug-likeness (QED) is 0.266. The summed E-state index contributed by atoms with van der Waals surface area (Å²) in [5, 5.41) is 2.87. The zero-order chi connectivity index (χ0) is 35.6. The molecule has 2 heterocycles. The van der Waals surface area contributed by atoms with Crippen molar-refractivity contribution in [3.8, 4) is 11.1 Å². The van der Waals surface area contributed by atoms with Crippen molar-refractivity contribution in [3.05, 3.63) is 113 Å². The molecule has 50 heavy (non-hydrogen) atoms. The molecule has 4 aromatic carbocycles. The van der Waals surface area contributed by atoms with Crippen LogP contribution in [0.3, 0.4) is 0 Å². The van der Waals surface area contributed by atoms with Gasteiger partial charge in [0.1, 0.15) is 6.54 Å². The maximum absolute atomic E-state index is 13.9. The fraction of sp³-hybridized carbons (Fsp3) is 0.263. The van der Waals surface area contributed by atoms with Crippen LogP contribution in [0.5, 0.6) is 0 Å². The van der Waals surface area contributed by atoms with Crippen LogP contribution in [0.1, 0.15) is 38.3 Å². The number of anilines is 3. The van der Waals surface area contributed by atoms with E-state index in [2.05, 4.69) is 10.2 Å². The van der Waals surface area contributed by atoms with Crippen LogP contribution in [-0.4, -0.2) is 79.7 Å². The molecule has 0 radical (unpaired) electrons. The summed E-state index contributed by atoms with van der Waals surface area (Å²) in [6, 6.07) is 24.1. The third-order valence-electron chi connectivity index (χ3n) is 9.05. The van der Waals surface area contributed by atoms with Gasteiger partial charge in [-0.25, -0.2) is 0 Å². The first-order valence-corrected chi connectivity index (χ1v) is 16.3. The van der Waals surface area contributed by atoms with Crippen LogP contribution in [-0.2, 0) is 15.8 Å². The minimum atomic E-state index is -4.72. The summed E-state index contributed by atoms with van der Waals surface area (Å²) in [5.41, 5.74) is 2.78. The van der Waals surface area contributed by atoms with Crippen LogP contribution in [0.2, 0.25) is 0 Å². The number of likely N-dealkylation sites (N-methyl/N-ethyl adjacent to an activating group) is 1. The van der Waals surface area contributed by atoms with Crippen LogP contribution in [0.4, 0.5) is 30.2 Å². The molecule has 9 nitrogen and oxygen atoms in total. The van der Waals surface area contributed by atoms with E-state index in [1.807, 2.05) is 50.4 Å². The second-order valence-corrected chi connectivity index (χ2v) is 12.5. The Bertz CT molecular complexity index is 1920. The predicted octanol–water partition coefficient (Wildman–Crippen LogP) is 6.09. The average Bonchev–Trinajstić information content (AvgIpc) is 3.24. The second-order valence-electron chi connectivity index (χ2n) is 12.5. The number of halogens is 3. The van der Waals surface area contributed by atoms with Crippen LogP contribution >= 0.6 is 0 Å². The van der Waals surface area contributed by atoms with Crippen LogP contribution in [0.25, 0.3) is 11.1 Å². The third kappa shape index (κ3) is 7.40. The van der Waals surface area contributed by atoms with E-state index in [0.717, 1.165) is 33.7 Å². The van der Waals surface area contributed by atoms with Crippen molar-refractivity contribution in [2.45, 2.75) is 19.5 Å². The molecule has 0 saturated carbocycles. The average molecular weight is 684 g/mol. The molecule has 0 spiro atoms. The SMILES string of the molecule is Cc1ccc(-c2ccccc2C(=O)Nc2ccc(C(=O)N3CCC(=O)N(CC(=O)N4CCN(C)CC4)c4cc(C(F)(F)F)ccc43)cc2)cc1. The minimum Gasteiger partial charge on any atom is -0.339 e. The highest BCUT2D eigenvalue weighted by Crippen LogP contribution is 2.39. The van der Waals surface area contributed by atoms with Crippen LogP contribution in [0.15, 0.2) is 91.0 Å². The van der Waals surface area contributed by atoms with Crippen molar-refractivity contribution in [1.29, 1.82) is 0 Å². The fourth-order valence-corrected chi connectivity index (χ4v) is 6.13. The number of aryl methyl sites for hydroxylation is 1. The first-order valence-electron chi connectivity index (χ1n) is 16.3. The lowest BCUT2D eigenvalue weighted by atomic mass is 9.98. The maximum atomic E-state index is 13.9. The van der Waals surface area contributed by atoms with Gasteiger partial charge in [0, 0.05) is 56.0 Å². The Morgan fingerprint density at radius 3 is 2.16 bits per heavy atom. The molecule has 258 valence electrons. The van der Waals surface area contributed by atoms with Gasteiger partial charge in [0.2, 0.25) is 11.8 Å². The molecule has 0 aromatic heterocycles. The Hall–Kier alpha value is -5.49. The molecule has 2 aliphatic rings. The Morgan fingerprint density at radius 1 is 0.800 bits per heavy atom. The van der Waals surface area contributed by atoms with Gasteiger partial charge < -0.3 is 24.9 Å². The van der Waals surface area contributed by atoms with Gasteiger partial charge in [0.05, 0.1) is 16.9 Å². The number of carbonyl (C=O) groups excluding carboxylic acids is 4. The molecular formula is C38H36F3N5O4. The fourth-order valence-electron chi connectivity index (χ4n) is 6.13. The zero-order valence-corrected chi connectivity index (χ0v) is 27.7. The lowest BCUT2D eigenvalue weighted by Crippen LogP contribution is -2.50. The molecular weight excluding hydrogens is 647 g/mol. The lowest BCUT2D eigenvalue weighted by Gasteiger charge is -2.34. The Morgan fingerprint density at radius 2 is 1.48 bits per heavy atom. The molecule has 4 amide bonds. The van der Waals surface area contributed by atoms with Gasteiger partial charge in [-0.3, -0.25) is 19.2 Å². The summed E-state index contributed by atoms with van der Waals surface area (Å²) < 4.78 is 41.6. The minimum absolute atomic E-state index is 0.0881. The normalized spacial score (nSPS) is 15.4. The number of nitrogens with zero attached hydrogens (tertiary/aromatic N) is 4. The topological polar surface area (TPSA) is 93.3 Å². The molecule has 0 atom stereocenters. The summed E-state index contributed by atoms with van der Waals surface area (Å²) in [6.45, 7) is 3.59. The molecule has 1 saturated heterocycles. The summed E-state index contributed by atoms with van der Waals surface area (Å²) in [5.74, 6) is -1.83. The molecule has 12 heteroatoms. The van der Waals surface area contributed by atoms with Crippen molar-refractivity contribution < 1.29 is 32.3 Å². The number of amides is 4. The first kappa shape index (κ1) is 34.4. The standard InChI is InChI=1S/C38H36F3N5O4/c1-25-7-9-26(10-8-25)30-5-3-4-6-31(30)36(49)42-29-14-11-27(12-15-29)37(50)45-18-17-34(47)46(24-35(48)44-21-19-43(2)20-22-44)33-23-28(38(39,40)41)13-16-32(33)45/h3-16,23H,17-22,24H2,1-2H3,(H,42,49). The number of piperazine rings is 1. The van der Waals surface area contributed by atoms with Crippen molar-refractivity contribution in [2.75, 3.05) is 61.4 Å². The number of rotatable bonds is 6. The zero-order valence-electron chi connectivity index (χ0n) is 27.7. The number of hydrogen-bond donors (Lipinski definition) is 1. The first-order chi connectivity index (χ1) is 23.9. The second kappa shape index (κ2) is 14.2. The lowest BCUT2D eigenvalue weighted by molar-refractivity contribution is -0.137. The number of fused-ring (bicyclic) bond motifs is 1. The van der Waals surface area contributed by atoms with E-state index in [9.17, 15) is 32.3 Å². The Kier molecular flexibility index (Phi) is 9.74. The van der Waals surface area contributed by atoms with E-state index in [-0.39, 0.29) is 41.7 Å². The van der Waals surface area contributed by atoms with E-state index >= 15 is 0 Å². The van der Waals surface area contributed by atoms with Gasteiger partial charge >= 0.3 is 6.18 Å². The highest BCUT2D eigenvalue weighted by Gasteiger charge is 2.37. The molecule has 2 aliphatic heterocycles. The third-order valence-corrected chi connectivity index (χ3v) is 9.05. The largest absolute Gasteiger partial charge is 0.416 e. The van der Waals surface area contributed by atoms with Gasteiger partial charge in [-0.1, -0.05) is 48.0 Å². The molecule has 0 unspecified atom stereocenters. The van der Waals surface area contributed by atoms with Crippen LogP contribution < -0.4 is 15.1 Å². The van der Waals surface area contributed by atoms with Crippen LogP contribution in [0, 0.1) is 6.92 Å². The molecule has 1 fully saturated rings. The highest BCUT2D eigenvalue weighted by molar-refractivity contribution is 6.13. The van der Waals surface area contributed by atoms with Crippen molar-refractivity contribution >= 4 is 40.7 Å². The number of benzene rings is 4. The summed E-state index contributed by atoms with van der Waals surface area (Å²) in [7, 11) is 1.93. The highest BCUT2D eigenvalue weighted by atomic mass is 19.4. The molecule has 1 N–H and O–H groups in total. The van der Waals surface area contributed by atoms with Gasteiger partial charge in [-0.05, 0) is 73.6 Å². The van der Waals surface area contributed by atoms with Crippen molar-refractivity contribution in [2.24, 2.45) is 0 Å². The monoisotopic (exact) mass is 683 g/mol. The van der Waals surface area contributed by atoms with Gasteiger partial charge in [-0.15, -0.1) is 0 Å². The van der Waals surface area contributed by atoms with Gasteiger partial charge in [-0.2, -0.15) is 13.2 Å². The van der Waals surface area contributed by atoms with Crippen molar-refractivity contribution in [1.82, 2.24) is 9.80 Å². The molecule has 6 rings (SSSR count). The summed E-state index contributed by atoms with van der Waals surface area (Å²) in [4.78, 5) is 59.8. The Labute approximate surface area is 287 Å². The maximum Gasteiger partial charge on any atom is 0.416 e. The van der Waals surface area contributed by atoms with E-state index in [4.69, 9.17) is 0 Å². The summed E-state index contributed by atoms with van der Waals surface area (Å²) >= 11 is 0. The van der Waals surface area contributed by atoms with E-state index in [1.165, 1.54) is 23.1 Å². The van der Waals surface area contributed by atoms with Crippen molar-refractivity contribution in [3.63, 3.8) is 0 Å². The van der Waals surface area contributed by atoms with Gasteiger partial charge in [0.15, 0.2) is 0 Å². The Balaban J connectivity index is 1.24. The molecule has 0 aliphatic carbocycles. The number of alkyl halides is 3. The smallest absolute Gasteiger partial charge is 0.339 e.